The van der Waals surface area contributed by atoms with Gasteiger partial charge in [0.2, 0.25) is 0 Å². The second-order valence-corrected chi connectivity index (χ2v) is 3.94. The van der Waals surface area contributed by atoms with E-state index in [0.717, 1.165) is 10.9 Å². The molecule has 1 aromatic carbocycles. The van der Waals surface area contributed by atoms with E-state index in [1.54, 1.807) is 23.7 Å². The number of hydrogen-bond acceptors (Lipinski definition) is 4. The van der Waals surface area contributed by atoms with Gasteiger partial charge in [-0.15, -0.1) is 0 Å². The minimum atomic E-state index is 0.971. The van der Waals surface area contributed by atoms with Crippen molar-refractivity contribution in [3.8, 4) is 0 Å². The van der Waals surface area contributed by atoms with Crippen molar-refractivity contribution < 1.29 is 0 Å². The van der Waals surface area contributed by atoms with Gasteiger partial charge < -0.3 is 4.72 Å². The van der Waals surface area contributed by atoms with Crippen LogP contribution in [0.1, 0.15) is 0 Å². The Morgan fingerprint density at radius 1 is 1.42 bits per heavy atom. The fraction of sp³-hybridized carbons (Fsp3) is 0.125. The summed E-state index contributed by atoms with van der Waals surface area (Å²) in [5, 5.41) is 0.971. The number of rotatable bonds is 0. The van der Waals surface area contributed by atoms with Gasteiger partial charge in [-0.2, -0.15) is 0 Å². The fourth-order valence-electron chi connectivity index (χ4n) is 0.954. The standard InChI is InChI=1S/C8H8N2S2/c1-11-8-9-6-4-2-3-5-7(6)12-10-8/h2-5H,1H3,(H,9,10). The lowest BCUT2D eigenvalue weighted by atomic mass is 10.3. The summed E-state index contributed by atoms with van der Waals surface area (Å²) in [6, 6.07) is 8.12. The van der Waals surface area contributed by atoms with Gasteiger partial charge in [-0.3, -0.25) is 0 Å². The van der Waals surface area contributed by atoms with Gasteiger partial charge in [0.1, 0.15) is 0 Å². The summed E-state index contributed by atoms with van der Waals surface area (Å²) in [5.74, 6) is 0. The van der Waals surface area contributed by atoms with Crippen LogP contribution < -0.4 is 4.72 Å². The van der Waals surface area contributed by atoms with Crippen LogP contribution in [0.15, 0.2) is 34.2 Å². The second-order valence-electron chi connectivity index (χ2n) is 2.29. The van der Waals surface area contributed by atoms with Crippen molar-refractivity contribution in [2.24, 2.45) is 4.99 Å². The van der Waals surface area contributed by atoms with Gasteiger partial charge in [-0.1, -0.05) is 23.9 Å². The van der Waals surface area contributed by atoms with Crippen LogP contribution in [0.3, 0.4) is 0 Å². The smallest absolute Gasteiger partial charge is 0.171 e. The van der Waals surface area contributed by atoms with E-state index in [2.05, 4.69) is 15.8 Å². The Kier molecular flexibility index (Phi) is 2.28. The first-order chi connectivity index (χ1) is 5.90. The Morgan fingerprint density at radius 2 is 2.25 bits per heavy atom. The third-order valence-corrected chi connectivity index (χ3v) is 3.10. The maximum atomic E-state index is 4.41. The molecule has 0 unspecified atom stereocenters. The highest BCUT2D eigenvalue weighted by atomic mass is 32.2. The molecule has 0 fully saturated rings. The number of aliphatic imine (C=N–C) groups is 1. The van der Waals surface area contributed by atoms with E-state index in [0.29, 0.717) is 0 Å². The number of para-hydroxylation sites is 1. The SMILES string of the molecule is CSC1=Nc2ccccc2SN1. The average Bonchev–Trinajstić information content (AvgIpc) is 2.17. The molecule has 2 rings (SSSR count). The molecule has 0 aliphatic carbocycles. The van der Waals surface area contributed by atoms with Crippen LogP contribution in [0.25, 0.3) is 0 Å². The second kappa shape index (κ2) is 3.41. The van der Waals surface area contributed by atoms with E-state index in [9.17, 15) is 0 Å². The molecule has 1 N–H and O–H groups in total. The minimum absolute atomic E-state index is 0.971. The van der Waals surface area contributed by atoms with Crippen molar-refractivity contribution in [3.05, 3.63) is 24.3 Å². The molecule has 1 aliphatic heterocycles. The summed E-state index contributed by atoms with van der Waals surface area (Å²) in [6.07, 6.45) is 2.01. The molecule has 0 spiro atoms. The molecule has 1 heterocycles. The molecule has 4 heteroatoms. The molecule has 0 bridgehead atoms. The number of hydrogen-bond donors (Lipinski definition) is 1. The Morgan fingerprint density at radius 3 is 3.08 bits per heavy atom. The number of amidine groups is 1. The highest BCUT2D eigenvalue weighted by molar-refractivity contribution is 8.15. The molecule has 1 aromatic rings. The Balaban J connectivity index is 2.41. The number of fused-ring (bicyclic) bond motifs is 1. The summed E-state index contributed by atoms with van der Waals surface area (Å²) in [6.45, 7) is 0. The van der Waals surface area contributed by atoms with Gasteiger partial charge in [-0.25, -0.2) is 4.99 Å². The molecule has 62 valence electrons. The lowest BCUT2D eigenvalue weighted by molar-refractivity contribution is 1.31. The third kappa shape index (κ3) is 1.44. The normalized spacial score (nSPS) is 14.6. The zero-order chi connectivity index (χ0) is 8.39. The summed E-state index contributed by atoms with van der Waals surface area (Å²) < 4.78 is 3.15. The Bertz CT molecular complexity index is 323. The summed E-state index contributed by atoms with van der Waals surface area (Å²) in [5.41, 5.74) is 1.06. The van der Waals surface area contributed by atoms with Gasteiger partial charge in [-0.05, 0) is 30.3 Å². The monoisotopic (exact) mass is 196 g/mol. The van der Waals surface area contributed by atoms with Crippen LogP contribution in [0.2, 0.25) is 0 Å². The first-order valence-electron chi connectivity index (χ1n) is 3.55. The molecular formula is C8H8N2S2. The Labute approximate surface area is 80.0 Å². The molecule has 0 saturated heterocycles. The summed E-state index contributed by atoms with van der Waals surface area (Å²) in [7, 11) is 0. The van der Waals surface area contributed by atoms with Gasteiger partial charge in [0.05, 0.1) is 10.6 Å². The fourth-order valence-corrected chi connectivity index (χ4v) is 2.21. The molecule has 2 nitrogen and oxygen atoms in total. The van der Waals surface area contributed by atoms with E-state index in [-0.39, 0.29) is 0 Å². The molecule has 0 saturated carbocycles. The zero-order valence-corrected chi connectivity index (χ0v) is 8.21. The molecule has 0 amide bonds. The van der Waals surface area contributed by atoms with Crippen molar-refractivity contribution in [3.63, 3.8) is 0 Å². The maximum absolute atomic E-state index is 4.41. The maximum Gasteiger partial charge on any atom is 0.171 e. The molecule has 12 heavy (non-hydrogen) atoms. The van der Waals surface area contributed by atoms with E-state index in [4.69, 9.17) is 0 Å². The number of benzene rings is 1. The van der Waals surface area contributed by atoms with Gasteiger partial charge in [0.15, 0.2) is 5.17 Å². The molecule has 0 radical (unpaired) electrons. The van der Waals surface area contributed by atoms with Crippen molar-refractivity contribution in [1.82, 2.24) is 4.72 Å². The van der Waals surface area contributed by atoms with Gasteiger partial charge in [0, 0.05) is 0 Å². The lowest BCUT2D eigenvalue weighted by Gasteiger charge is -2.13. The summed E-state index contributed by atoms with van der Waals surface area (Å²) in [4.78, 5) is 5.60. The molecule has 0 atom stereocenters. The summed E-state index contributed by atoms with van der Waals surface area (Å²) >= 11 is 3.25. The predicted octanol–water partition coefficient (Wildman–Crippen LogP) is 2.65. The molecule has 0 aromatic heterocycles. The van der Waals surface area contributed by atoms with E-state index in [1.165, 1.54) is 4.90 Å². The third-order valence-electron chi connectivity index (χ3n) is 1.53. The lowest BCUT2D eigenvalue weighted by Crippen LogP contribution is -2.13. The zero-order valence-electron chi connectivity index (χ0n) is 6.57. The first-order valence-corrected chi connectivity index (χ1v) is 5.59. The topological polar surface area (TPSA) is 24.4 Å². The van der Waals surface area contributed by atoms with Crippen LogP contribution in [0, 0.1) is 0 Å². The highest BCUT2D eigenvalue weighted by Gasteiger charge is 2.09. The molecular weight excluding hydrogens is 188 g/mol. The average molecular weight is 196 g/mol. The van der Waals surface area contributed by atoms with Crippen molar-refractivity contribution >= 4 is 34.6 Å². The van der Waals surface area contributed by atoms with E-state index < -0.39 is 0 Å². The van der Waals surface area contributed by atoms with Crippen LogP contribution >= 0.6 is 23.7 Å². The van der Waals surface area contributed by atoms with Gasteiger partial charge >= 0.3 is 0 Å². The number of thioether (sulfide) groups is 1. The van der Waals surface area contributed by atoms with Crippen molar-refractivity contribution in [1.29, 1.82) is 0 Å². The van der Waals surface area contributed by atoms with E-state index in [1.807, 2.05) is 24.5 Å². The largest absolute Gasteiger partial charge is 0.305 e. The highest BCUT2D eigenvalue weighted by Crippen LogP contribution is 2.31. The van der Waals surface area contributed by atoms with Crippen LogP contribution in [0.5, 0.6) is 0 Å². The number of nitrogens with one attached hydrogen (secondary N) is 1. The minimum Gasteiger partial charge on any atom is -0.305 e. The first kappa shape index (κ1) is 8.01. The van der Waals surface area contributed by atoms with E-state index >= 15 is 0 Å². The predicted molar refractivity (Wildman–Crippen MR) is 56.0 cm³/mol. The Hall–Kier alpha value is -0.610. The van der Waals surface area contributed by atoms with Crippen molar-refractivity contribution in [2.75, 3.05) is 6.26 Å². The molecule has 1 aliphatic rings. The quantitative estimate of drug-likeness (QED) is 0.646. The van der Waals surface area contributed by atoms with Crippen molar-refractivity contribution in [2.45, 2.75) is 4.90 Å². The van der Waals surface area contributed by atoms with Crippen LogP contribution in [-0.4, -0.2) is 11.4 Å². The number of nitrogens with zero attached hydrogens (tertiary/aromatic N) is 1. The van der Waals surface area contributed by atoms with Crippen LogP contribution in [-0.2, 0) is 0 Å². The van der Waals surface area contributed by atoms with Gasteiger partial charge in [0.25, 0.3) is 0 Å². The van der Waals surface area contributed by atoms with Crippen LogP contribution in [0.4, 0.5) is 5.69 Å².